The fraction of sp³-hybridized carbons (Fsp3) is 0.440. The zero-order chi connectivity index (χ0) is 24.9. The molecule has 9 heteroatoms. The van der Waals surface area contributed by atoms with Crippen LogP contribution in [0.25, 0.3) is 0 Å². The molecule has 0 saturated carbocycles. The Bertz CT molecular complexity index is 1170. The third-order valence-electron chi connectivity index (χ3n) is 6.31. The van der Waals surface area contributed by atoms with E-state index in [4.69, 9.17) is 10.00 Å². The molecular formula is C25H31N3O5S. The summed E-state index contributed by atoms with van der Waals surface area (Å²) in [6, 6.07) is 14.3. The van der Waals surface area contributed by atoms with Crippen molar-refractivity contribution in [1.82, 2.24) is 4.31 Å². The summed E-state index contributed by atoms with van der Waals surface area (Å²) in [5.74, 6) is -0.437. The first kappa shape index (κ1) is 25.5. The van der Waals surface area contributed by atoms with E-state index in [2.05, 4.69) is 11.4 Å². The quantitative estimate of drug-likeness (QED) is 0.555. The summed E-state index contributed by atoms with van der Waals surface area (Å²) in [4.78, 5) is 12.6. The molecule has 1 atom stereocenters. The van der Waals surface area contributed by atoms with Crippen molar-refractivity contribution >= 4 is 21.7 Å². The standard InChI is InChI=1S/C25H31N3O5S/c1-4-18-14-20(16-23(15-18)33-22-10-12-28(13-11-22)34(3,31)32)25(5-2,24(29)30)27-21-8-6-19(17-26)7-9-21/h6-9,14-16,22,27H,4-5,10-13H2,1-3H3,(H,29,30). The Balaban J connectivity index is 1.90. The lowest BCUT2D eigenvalue weighted by Crippen LogP contribution is -2.43. The highest BCUT2D eigenvalue weighted by molar-refractivity contribution is 7.88. The van der Waals surface area contributed by atoms with E-state index in [0.717, 1.165) is 5.56 Å². The Hall–Kier alpha value is -3.09. The van der Waals surface area contributed by atoms with Crippen LogP contribution >= 0.6 is 0 Å². The molecule has 0 amide bonds. The average Bonchev–Trinajstić information content (AvgIpc) is 2.82. The predicted molar refractivity (Wildman–Crippen MR) is 130 cm³/mol. The molecule has 1 fully saturated rings. The number of carbonyl (C=O) groups is 1. The highest BCUT2D eigenvalue weighted by Crippen LogP contribution is 2.34. The summed E-state index contributed by atoms with van der Waals surface area (Å²) < 4.78 is 31.2. The van der Waals surface area contributed by atoms with Crippen molar-refractivity contribution < 1.29 is 23.1 Å². The summed E-state index contributed by atoms with van der Waals surface area (Å²) in [6.07, 6.45) is 3.18. The van der Waals surface area contributed by atoms with E-state index in [-0.39, 0.29) is 12.5 Å². The fourth-order valence-electron chi connectivity index (χ4n) is 4.22. The maximum atomic E-state index is 12.6. The lowest BCUT2D eigenvalue weighted by Gasteiger charge is -2.33. The number of nitrogens with zero attached hydrogens (tertiary/aromatic N) is 2. The van der Waals surface area contributed by atoms with Crippen LogP contribution < -0.4 is 10.1 Å². The van der Waals surface area contributed by atoms with Crippen molar-refractivity contribution in [2.24, 2.45) is 0 Å². The number of anilines is 1. The number of nitrogens with one attached hydrogen (secondary N) is 1. The molecule has 8 nitrogen and oxygen atoms in total. The molecule has 0 aliphatic carbocycles. The normalized spacial score (nSPS) is 16.9. The smallest absolute Gasteiger partial charge is 0.334 e. The first-order chi connectivity index (χ1) is 16.1. The Morgan fingerprint density at radius 2 is 1.85 bits per heavy atom. The second-order valence-electron chi connectivity index (χ2n) is 8.58. The van der Waals surface area contributed by atoms with Crippen LogP contribution in [0, 0.1) is 11.3 Å². The Morgan fingerprint density at radius 3 is 2.35 bits per heavy atom. The van der Waals surface area contributed by atoms with Gasteiger partial charge in [-0.1, -0.05) is 19.9 Å². The van der Waals surface area contributed by atoms with Gasteiger partial charge in [0.05, 0.1) is 17.9 Å². The number of hydrogen-bond acceptors (Lipinski definition) is 6. The molecule has 182 valence electrons. The molecule has 3 rings (SSSR count). The minimum atomic E-state index is -3.22. The van der Waals surface area contributed by atoms with E-state index in [1.165, 1.54) is 10.6 Å². The molecule has 0 bridgehead atoms. The van der Waals surface area contributed by atoms with Crippen LogP contribution in [0.1, 0.15) is 49.8 Å². The molecule has 2 aromatic carbocycles. The van der Waals surface area contributed by atoms with E-state index < -0.39 is 21.5 Å². The second-order valence-corrected chi connectivity index (χ2v) is 10.6. The first-order valence-electron chi connectivity index (χ1n) is 11.4. The van der Waals surface area contributed by atoms with Crippen LogP contribution in [0.2, 0.25) is 0 Å². The Labute approximate surface area is 201 Å². The molecule has 0 radical (unpaired) electrons. The third-order valence-corrected chi connectivity index (χ3v) is 7.61. The van der Waals surface area contributed by atoms with Gasteiger partial charge in [-0.3, -0.25) is 0 Å². The van der Waals surface area contributed by atoms with Gasteiger partial charge in [-0.2, -0.15) is 5.26 Å². The van der Waals surface area contributed by atoms with Crippen LogP contribution in [-0.2, 0) is 26.8 Å². The fourth-order valence-corrected chi connectivity index (χ4v) is 5.09. The first-order valence-corrected chi connectivity index (χ1v) is 13.2. The minimum absolute atomic E-state index is 0.148. The van der Waals surface area contributed by atoms with E-state index in [9.17, 15) is 18.3 Å². The van der Waals surface area contributed by atoms with Gasteiger partial charge in [0.1, 0.15) is 11.9 Å². The highest BCUT2D eigenvalue weighted by Gasteiger charge is 2.39. The number of aryl methyl sites for hydroxylation is 1. The monoisotopic (exact) mass is 485 g/mol. The molecule has 1 heterocycles. The van der Waals surface area contributed by atoms with Crippen molar-refractivity contribution in [2.75, 3.05) is 24.7 Å². The number of sulfonamides is 1. The van der Waals surface area contributed by atoms with Gasteiger partial charge in [-0.05, 0) is 73.2 Å². The van der Waals surface area contributed by atoms with Crippen LogP contribution in [0.5, 0.6) is 5.75 Å². The van der Waals surface area contributed by atoms with E-state index in [1.54, 1.807) is 30.3 Å². The predicted octanol–water partition coefficient (Wildman–Crippen LogP) is 3.73. The Kier molecular flexibility index (Phi) is 7.85. The summed E-state index contributed by atoms with van der Waals surface area (Å²) in [7, 11) is -3.22. The summed E-state index contributed by atoms with van der Waals surface area (Å²) >= 11 is 0. The number of nitriles is 1. The minimum Gasteiger partial charge on any atom is -0.490 e. The number of carboxylic acids is 1. The number of aliphatic carboxylic acids is 1. The number of piperidine rings is 1. The summed E-state index contributed by atoms with van der Waals surface area (Å²) in [5, 5.41) is 22.5. The topological polar surface area (TPSA) is 120 Å². The lowest BCUT2D eigenvalue weighted by atomic mass is 9.85. The van der Waals surface area contributed by atoms with Crippen molar-refractivity contribution in [3.63, 3.8) is 0 Å². The number of benzene rings is 2. The van der Waals surface area contributed by atoms with E-state index in [0.29, 0.717) is 54.9 Å². The molecule has 0 aromatic heterocycles. The SMILES string of the molecule is CCc1cc(OC2CCN(S(C)(=O)=O)CC2)cc(C(CC)(Nc2ccc(C#N)cc2)C(=O)O)c1. The van der Waals surface area contributed by atoms with E-state index >= 15 is 0 Å². The molecule has 0 spiro atoms. The van der Waals surface area contributed by atoms with Gasteiger partial charge in [0, 0.05) is 18.8 Å². The van der Waals surface area contributed by atoms with Crippen LogP contribution in [0.3, 0.4) is 0 Å². The van der Waals surface area contributed by atoms with Gasteiger partial charge < -0.3 is 15.2 Å². The molecular weight excluding hydrogens is 454 g/mol. The molecule has 2 aromatic rings. The lowest BCUT2D eigenvalue weighted by molar-refractivity contribution is -0.142. The van der Waals surface area contributed by atoms with Gasteiger partial charge in [0.2, 0.25) is 10.0 Å². The maximum absolute atomic E-state index is 12.6. The summed E-state index contributed by atoms with van der Waals surface area (Å²) in [5.41, 5.74) is 1.22. The molecule has 1 saturated heterocycles. The van der Waals surface area contributed by atoms with Crippen LogP contribution in [-0.4, -0.2) is 49.2 Å². The average molecular weight is 486 g/mol. The number of ether oxygens (including phenoxy) is 1. The van der Waals surface area contributed by atoms with Gasteiger partial charge >= 0.3 is 5.97 Å². The molecule has 2 N–H and O–H groups in total. The molecule has 1 unspecified atom stereocenters. The number of hydrogen-bond donors (Lipinski definition) is 2. The largest absolute Gasteiger partial charge is 0.490 e. The number of carboxylic acid groups (broad SMARTS) is 1. The van der Waals surface area contributed by atoms with Gasteiger partial charge in [0.15, 0.2) is 5.54 Å². The zero-order valence-corrected chi connectivity index (χ0v) is 20.6. The van der Waals surface area contributed by atoms with Crippen LogP contribution in [0.4, 0.5) is 5.69 Å². The van der Waals surface area contributed by atoms with Crippen molar-refractivity contribution in [2.45, 2.75) is 51.2 Å². The zero-order valence-electron chi connectivity index (χ0n) is 19.7. The molecule has 34 heavy (non-hydrogen) atoms. The van der Waals surface area contributed by atoms with Crippen molar-refractivity contribution in [3.05, 3.63) is 59.2 Å². The summed E-state index contributed by atoms with van der Waals surface area (Å²) in [6.45, 7) is 4.61. The highest BCUT2D eigenvalue weighted by atomic mass is 32.2. The number of rotatable bonds is 9. The van der Waals surface area contributed by atoms with Gasteiger partial charge in [-0.15, -0.1) is 0 Å². The maximum Gasteiger partial charge on any atom is 0.334 e. The van der Waals surface area contributed by atoms with Crippen LogP contribution in [0.15, 0.2) is 42.5 Å². The third kappa shape index (κ3) is 5.69. The molecule has 1 aliphatic heterocycles. The van der Waals surface area contributed by atoms with Crippen molar-refractivity contribution in [1.29, 1.82) is 5.26 Å². The van der Waals surface area contributed by atoms with Gasteiger partial charge in [-0.25, -0.2) is 17.5 Å². The van der Waals surface area contributed by atoms with E-state index in [1.807, 2.05) is 26.0 Å². The van der Waals surface area contributed by atoms with Gasteiger partial charge in [0.25, 0.3) is 0 Å². The molecule has 1 aliphatic rings. The Morgan fingerprint density at radius 1 is 1.21 bits per heavy atom. The second kappa shape index (κ2) is 10.5. The van der Waals surface area contributed by atoms with Crippen molar-refractivity contribution in [3.8, 4) is 11.8 Å².